The molecule has 0 heterocycles. The van der Waals surface area contributed by atoms with Crippen LogP contribution < -0.4 is 0 Å². The molecule has 15 heavy (non-hydrogen) atoms. The smallest absolute Gasteiger partial charge is 0.330 e. The van der Waals surface area contributed by atoms with Gasteiger partial charge in [-0.2, -0.15) is 0 Å². The Morgan fingerprint density at radius 3 is 2.80 bits per heavy atom. The summed E-state index contributed by atoms with van der Waals surface area (Å²) in [6.45, 7) is 3.62. The first-order valence-electron chi connectivity index (χ1n) is 5.17. The number of carbonyl (C=O) groups excluding carboxylic acids is 1. The van der Waals surface area contributed by atoms with E-state index in [9.17, 15) is 4.79 Å². The second kappa shape index (κ2) is 11.4. The molecule has 0 rings (SSSR count). The molecule has 0 aliphatic rings. The predicted molar refractivity (Wildman–Crippen MR) is 61.6 cm³/mol. The van der Waals surface area contributed by atoms with Gasteiger partial charge < -0.3 is 13.9 Å². The van der Waals surface area contributed by atoms with Gasteiger partial charge in [-0.15, -0.1) is 0 Å². The van der Waals surface area contributed by atoms with Crippen LogP contribution in [0.15, 0.2) is 12.2 Å². The highest BCUT2D eigenvalue weighted by atomic mass is 28.2. The molecule has 0 aromatic heterocycles. The Kier molecular flexibility index (Phi) is 10.9. The number of ether oxygens (including phenoxy) is 2. The average molecular weight is 232 g/mol. The third-order valence-electron chi connectivity index (χ3n) is 1.66. The van der Waals surface area contributed by atoms with Gasteiger partial charge in [-0.1, -0.05) is 6.08 Å². The zero-order valence-corrected chi connectivity index (χ0v) is 10.9. The van der Waals surface area contributed by atoms with Crippen molar-refractivity contribution in [2.45, 2.75) is 19.4 Å². The highest BCUT2D eigenvalue weighted by Gasteiger charge is 1.96. The first-order chi connectivity index (χ1) is 7.31. The quantitative estimate of drug-likeness (QED) is 0.253. The van der Waals surface area contributed by atoms with Crippen molar-refractivity contribution in [3.05, 3.63) is 12.2 Å². The normalized spacial score (nSPS) is 11.6. The van der Waals surface area contributed by atoms with Gasteiger partial charge in [-0.3, -0.25) is 0 Å². The molecule has 0 atom stereocenters. The minimum Gasteiger partial charge on any atom is -0.463 e. The molecule has 0 aliphatic heterocycles. The van der Waals surface area contributed by atoms with Gasteiger partial charge in [0.1, 0.15) is 0 Å². The molecule has 4 nitrogen and oxygen atoms in total. The van der Waals surface area contributed by atoms with Crippen molar-refractivity contribution in [2.75, 3.05) is 26.9 Å². The molecule has 0 aromatic carbocycles. The van der Waals surface area contributed by atoms with E-state index in [0.717, 1.165) is 12.5 Å². The van der Waals surface area contributed by atoms with Crippen molar-refractivity contribution in [1.82, 2.24) is 0 Å². The summed E-state index contributed by atoms with van der Waals surface area (Å²) in [7, 11) is 1.20. The predicted octanol–water partition coefficient (Wildman–Crippen LogP) is 0.661. The zero-order chi connectivity index (χ0) is 11.4. The number of carbonyl (C=O) groups is 1. The lowest BCUT2D eigenvalue weighted by atomic mass is 10.5. The van der Waals surface area contributed by atoms with Crippen LogP contribution in [-0.2, 0) is 18.7 Å². The van der Waals surface area contributed by atoms with Crippen LogP contribution in [-0.4, -0.2) is 42.7 Å². The van der Waals surface area contributed by atoms with E-state index in [0.29, 0.717) is 19.8 Å². The molecule has 0 N–H and O–H groups in total. The first-order valence-corrected chi connectivity index (χ1v) is 6.75. The number of hydrogen-bond donors (Lipinski definition) is 0. The molecule has 0 aliphatic carbocycles. The van der Waals surface area contributed by atoms with Gasteiger partial charge >= 0.3 is 5.97 Å². The number of methoxy groups -OCH3 is 1. The SMILES string of the molecule is CC=CC(=O)OCCC[SiH2]OCCOC. The summed E-state index contributed by atoms with van der Waals surface area (Å²) >= 11 is 0. The minimum absolute atomic E-state index is 0.264. The second-order valence-electron chi connectivity index (χ2n) is 2.98. The van der Waals surface area contributed by atoms with Crippen molar-refractivity contribution in [1.29, 1.82) is 0 Å². The Balaban J connectivity index is 3.08. The van der Waals surface area contributed by atoms with Crippen LogP contribution in [0.4, 0.5) is 0 Å². The summed E-state index contributed by atoms with van der Waals surface area (Å²) in [4.78, 5) is 10.9. The van der Waals surface area contributed by atoms with Gasteiger partial charge in [0.15, 0.2) is 9.76 Å². The molecule has 0 fully saturated rings. The molecule has 0 unspecified atom stereocenters. The maximum absolute atomic E-state index is 10.9. The Hall–Kier alpha value is -0.653. The van der Waals surface area contributed by atoms with Crippen molar-refractivity contribution >= 4 is 15.7 Å². The molecule has 0 radical (unpaired) electrons. The van der Waals surface area contributed by atoms with E-state index < -0.39 is 9.76 Å². The summed E-state index contributed by atoms with van der Waals surface area (Å²) < 4.78 is 15.2. The van der Waals surface area contributed by atoms with Gasteiger partial charge in [0.2, 0.25) is 0 Å². The first kappa shape index (κ1) is 14.3. The van der Waals surface area contributed by atoms with Crippen LogP contribution in [0.5, 0.6) is 0 Å². The van der Waals surface area contributed by atoms with E-state index in [2.05, 4.69) is 0 Å². The van der Waals surface area contributed by atoms with Crippen LogP contribution in [0.25, 0.3) is 0 Å². The van der Waals surface area contributed by atoms with E-state index in [1.807, 2.05) is 0 Å². The summed E-state index contributed by atoms with van der Waals surface area (Å²) in [6.07, 6.45) is 3.99. The maximum Gasteiger partial charge on any atom is 0.330 e. The highest BCUT2D eigenvalue weighted by molar-refractivity contribution is 6.26. The number of hydrogen-bond acceptors (Lipinski definition) is 4. The maximum atomic E-state index is 10.9. The fourth-order valence-electron chi connectivity index (χ4n) is 0.907. The van der Waals surface area contributed by atoms with E-state index in [-0.39, 0.29) is 5.97 Å². The third kappa shape index (κ3) is 11.3. The van der Waals surface area contributed by atoms with Gasteiger partial charge in [0.25, 0.3) is 0 Å². The lowest BCUT2D eigenvalue weighted by Crippen LogP contribution is -2.07. The van der Waals surface area contributed by atoms with E-state index in [1.54, 1.807) is 20.1 Å². The Labute approximate surface area is 93.5 Å². The number of rotatable bonds is 9. The monoisotopic (exact) mass is 232 g/mol. The topological polar surface area (TPSA) is 44.8 Å². The highest BCUT2D eigenvalue weighted by Crippen LogP contribution is 1.92. The summed E-state index contributed by atoms with van der Waals surface area (Å²) in [5.74, 6) is -0.264. The molecule has 0 saturated heterocycles. The molecule has 0 bridgehead atoms. The standard InChI is InChI=1S/C10H20O4Si/c1-3-5-10(11)13-6-4-9-15-14-8-7-12-2/h3,5H,4,6-9,15H2,1-2H3. The Bertz CT molecular complexity index is 182. The van der Waals surface area contributed by atoms with Crippen LogP contribution in [0.2, 0.25) is 6.04 Å². The molecule has 5 heteroatoms. The van der Waals surface area contributed by atoms with E-state index in [1.165, 1.54) is 6.08 Å². The summed E-state index contributed by atoms with van der Waals surface area (Å²) in [6, 6.07) is 1.03. The van der Waals surface area contributed by atoms with Crippen LogP contribution >= 0.6 is 0 Å². The molecule has 0 spiro atoms. The third-order valence-corrected chi connectivity index (χ3v) is 3.03. The van der Waals surface area contributed by atoms with Crippen molar-refractivity contribution in [3.8, 4) is 0 Å². The lowest BCUT2D eigenvalue weighted by molar-refractivity contribution is -0.137. The minimum atomic E-state index is -0.455. The Morgan fingerprint density at radius 1 is 1.33 bits per heavy atom. The van der Waals surface area contributed by atoms with Crippen LogP contribution in [0, 0.1) is 0 Å². The van der Waals surface area contributed by atoms with Gasteiger partial charge in [-0.05, 0) is 19.4 Å². The molecule has 0 saturated carbocycles. The molecule has 88 valence electrons. The van der Waals surface area contributed by atoms with Gasteiger partial charge in [0.05, 0.1) is 19.8 Å². The molecule has 0 amide bonds. The molecular formula is C10H20O4Si. The van der Waals surface area contributed by atoms with Crippen LogP contribution in [0.1, 0.15) is 13.3 Å². The van der Waals surface area contributed by atoms with E-state index >= 15 is 0 Å². The Morgan fingerprint density at radius 2 is 2.13 bits per heavy atom. The van der Waals surface area contributed by atoms with Crippen LogP contribution in [0.3, 0.4) is 0 Å². The second-order valence-corrected chi connectivity index (χ2v) is 4.50. The van der Waals surface area contributed by atoms with E-state index in [4.69, 9.17) is 13.9 Å². The summed E-state index contributed by atoms with van der Waals surface area (Å²) in [5, 5.41) is 0. The largest absolute Gasteiger partial charge is 0.463 e. The zero-order valence-electron chi connectivity index (χ0n) is 9.53. The van der Waals surface area contributed by atoms with Crippen molar-refractivity contribution in [3.63, 3.8) is 0 Å². The van der Waals surface area contributed by atoms with Gasteiger partial charge in [0, 0.05) is 13.2 Å². The molecule has 0 aromatic rings. The fourth-order valence-corrected chi connectivity index (χ4v) is 1.84. The molecular weight excluding hydrogens is 212 g/mol. The lowest BCUT2D eigenvalue weighted by Gasteiger charge is -2.03. The average Bonchev–Trinajstić information content (AvgIpc) is 2.22. The van der Waals surface area contributed by atoms with Crippen molar-refractivity contribution in [2.24, 2.45) is 0 Å². The summed E-state index contributed by atoms with van der Waals surface area (Å²) in [5.41, 5.74) is 0. The number of allylic oxidation sites excluding steroid dienone is 1. The van der Waals surface area contributed by atoms with Crippen molar-refractivity contribution < 1.29 is 18.7 Å². The fraction of sp³-hybridized carbons (Fsp3) is 0.700. The number of esters is 1. The van der Waals surface area contributed by atoms with Gasteiger partial charge in [-0.25, -0.2) is 4.79 Å².